The van der Waals surface area contributed by atoms with Crippen LogP contribution in [-0.2, 0) is 5.60 Å². The lowest BCUT2D eigenvalue weighted by Crippen LogP contribution is -2.33. The van der Waals surface area contributed by atoms with Gasteiger partial charge in [0.15, 0.2) is 0 Å². The summed E-state index contributed by atoms with van der Waals surface area (Å²) >= 11 is 0. The van der Waals surface area contributed by atoms with Crippen LogP contribution >= 0.6 is 0 Å². The monoisotopic (exact) mass is 297 g/mol. The topological polar surface area (TPSA) is 41.5 Å². The van der Waals surface area contributed by atoms with Gasteiger partial charge in [-0.15, -0.1) is 0 Å². The lowest BCUT2D eigenvalue weighted by atomic mass is 9.88. The van der Waals surface area contributed by atoms with Crippen molar-refractivity contribution < 1.29 is 9.84 Å². The molecule has 1 atom stereocenters. The minimum atomic E-state index is -0.864. The molecule has 2 heterocycles. The lowest BCUT2D eigenvalue weighted by Gasteiger charge is -2.22. The number of benzene rings is 1. The van der Waals surface area contributed by atoms with Crippen molar-refractivity contribution >= 4 is 5.57 Å². The first-order valence-corrected chi connectivity index (χ1v) is 7.84. The normalized spacial score (nSPS) is 22.1. The Kier molecular flexibility index (Phi) is 3.83. The number of dihydropyridines is 1. The number of hydrogen-bond acceptors (Lipinski definition) is 3. The number of nitrogens with one attached hydrogen (secondary N) is 1. The minimum absolute atomic E-state index is 0.167. The summed E-state index contributed by atoms with van der Waals surface area (Å²) in [4.78, 5) is 0. The van der Waals surface area contributed by atoms with Crippen LogP contribution in [0.3, 0.4) is 0 Å². The number of fused-ring (bicyclic) bond motifs is 2. The second-order valence-electron chi connectivity index (χ2n) is 6.31. The van der Waals surface area contributed by atoms with Gasteiger partial charge < -0.3 is 15.2 Å². The Labute approximate surface area is 132 Å². The third-order valence-electron chi connectivity index (χ3n) is 4.15. The fourth-order valence-corrected chi connectivity index (χ4v) is 2.95. The predicted molar refractivity (Wildman–Crippen MR) is 89.6 cm³/mol. The molecule has 2 N–H and O–H groups in total. The smallest absolute Gasteiger partial charge is 0.127 e. The molecule has 1 aromatic carbocycles. The Bertz CT molecular complexity index is 663. The van der Waals surface area contributed by atoms with Crippen molar-refractivity contribution in [1.82, 2.24) is 5.32 Å². The van der Waals surface area contributed by atoms with E-state index in [2.05, 4.69) is 30.5 Å². The zero-order valence-electron chi connectivity index (χ0n) is 13.4. The highest BCUT2D eigenvalue weighted by molar-refractivity contribution is 5.85. The van der Waals surface area contributed by atoms with Gasteiger partial charge in [-0.3, -0.25) is 0 Å². The third-order valence-corrected chi connectivity index (χ3v) is 4.15. The lowest BCUT2D eigenvalue weighted by molar-refractivity contribution is 0.0785. The molecule has 3 nitrogen and oxygen atoms in total. The van der Waals surface area contributed by atoms with Crippen molar-refractivity contribution in [2.24, 2.45) is 0 Å². The quantitative estimate of drug-likeness (QED) is 0.877. The van der Waals surface area contributed by atoms with Crippen LogP contribution < -0.4 is 10.1 Å². The van der Waals surface area contributed by atoms with Crippen molar-refractivity contribution in [2.45, 2.75) is 38.8 Å². The van der Waals surface area contributed by atoms with E-state index in [1.165, 1.54) is 11.1 Å². The van der Waals surface area contributed by atoms with E-state index < -0.39 is 5.60 Å². The van der Waals surface area contributed by atoms with Gasteiger partial charge in [-0.25, -0.2) is 0 Å². The average Bonchev–Trinajstić information content (AvgIpc) is 2.64. The molecule has 3 heteroatoms. The highest BCUT2D eigenvalue weighted by atomic mass is 16.5. The van der Waals surface area contributed by atoms with Gasteiger partial charge in [0.05, 0.1) is 11.6 Å². The largest absolute Gasteiger partial charge is 0.490 e. The summed E-state index contributed by atoms with van der Waals surface area (Å²) in [5.41, 5.74) is 3.54. The molecule has 3 rings (SSSR count). The molecule has 0 aliphatic carbocycles. The van der Waals surface area contributed by atoms with Crippen molar-refractivity contribution in [3.8, 4) is 5.75 Å². The average molecular weight is 297 g/mol. The molecule has 0 spiro atoms. The van der Waals surface area contributed by atoms with Crippen molar-refractivity contribution in [3.05, 3.63) is 59.3 Å². The second kappa shape index (κ2) is 5.65. The van der Waals surface area contributed by atoms with E-state index in [1.807, 2.05) is 38.3 Å². The van der Waals surface area contributed by atoms with E-state index >= 15 is 0 Å². The van der Waals surface area contributed by atoms with Gasteiger partial charge in [-0.05, 0) is 61.4 Å². The van der Waals surface area contributed by atoms with Gasteiger partial charge in [0, 0.05) is 5.56 Å². The molecule has 0 saturated heterocycles. The maximum absolute atomic E-state index is 10.3. The van der Waals surface area contributed by atoms with Crippen LogP contribution in [0.25, 0.3) is 5.57 Å². The van der Waals surface area contributed by atoms with Crippen LogP contribution in [0.5, 0.6) is 5.75 Å². The van der Waals surface area contributed by atoms with Crippen LogP contribution in [0.4, 0.5) is 0 Å². The summed E-state index contributed by atoms with van der Waals surface area (Å²) in [6.45, 7) is 6.36. The molecule has 2 aliphatic rings. The van der Waals surface area contributed by atoms with E-state index in [-0.39, 0.29) is 6.04 Å². The van der Waals surface area contributed by atoms with Gasteiger partial charge >= 0.3 is 0 Å². The molecule has 116 valence electrons. The SMILES string of the molecule is CC/C=C1\C2=CC=CNC2COc2ccc(C(C)(C)O)cc21. The molecule has 0 aromatic heterocycles. The number of rotatable bonds is 2. The second-order valence-corrected chi connectivity index (χ2v) is 6.31. The van der Waals surface area contributed by atoms with Crippen LogP contribution in [-0.4, -0.2) is 17.8 Å². The Balaban J connectivity index is 2.17. The van der Waals surface area contributed by atoms with E-state index in [4.69, 9.17) is 4.74 Å². The zero-order valence-corrected chi connectivity index (χ0v) is 13.4. The zero-order chi connectivity index (χ0) is 15.7. The van der Waals surface area contributed by atoms with Gasteiger partial charge in [0.1, 0.15) is 12.4 Å². The molecule has 1 aromatic rings. The summed E-state index contributed by atoms with van der Waals surface area (Å²) < 4.78 is 6.00. The van der Waals surface area contributed by atoms with Crippen molar-refractivity contribution in [1.29, 1.82) is 0 Å². The molecule has 0 fully saturated rings. The fourth-order valence-electron chi connectivity index (χ4n) is 2.95. The molecule has 0 radical (unpaired) electrons. The maximum Gasteiger partial charge on any atom is 0.127 e. The first kappa shape index (κ1) is 14.9. The predicted octanol–water partition coefficient (Wildman–Crippen LogP) is 3.51. The van der Waals surface area contributed by atoms with Crippen LogP contribution in [0.1, 0.15) is 38.3 Å². The van der Waals surface area contributed by atoms with E-state index in [1.54, 1.807) is 0 Å². The van der Waals surface area contributed by atoms with Gasteiger partial charge in [0.2, 0.25) is 0 Å². The molecular weight excluding hydrogens is 274 g/mol. The van der Waals surface area contributed by atoms with Gasteiger partial charge in [0.25, 0.3) is 0 Å². The highest BCUT2D eigenvalue weighted by Crippen LogP contribution is 2.39. The highest BCUT2D eigenvalue weighted by Gasteiger charge is 2.27. The summed E-state index contributed by atoms with van der Waals surface area (Å²) in [5, 5.41) is 13.7. The van der Waals surface area contributed by atoms with Crippen LogP contribution in [0.2, 0.25) is 0 Å². The van der Waals surface area contributed by atoms with Crippen LogP contribution in [0, 0.1) is 0 Å². The van der Waals surface area contributed by atoms with Crippen molar-refractivity contribution in [2.75, 3.05) is 6.61 Å². The number of allylic oxidation sites excluding steroid dienone is 3. The number of ether oxygens (including phenoxy) is 1. The Morgan fingerprint density at radius 3 is 2.95 bits per heavy atom. The summed E-state index contributed by atoms with van der Waals surface area (Å²) in [5.74, 6) is 0.879. The maximum atomic E-state index is 10.3. The van der Waals surface area contributed by atoms with Crippen LogP contribution in [0.15, 0.2) is 48.2 Å². The molecule has 2 aliphatic heterocycles. The molecule has 22 heavy (non-hydrogen) atoms. The summed E-state index contributed by atoms with van der Waals surface area (Å²) in [6.07, 6.45) is 9.33. The van der Waals surface area contributed by atoms with Gasteiger partial charge in [-0.1, -0.05) is 25.1 Å². The van der Waals surface area contributed by atoms with E-state index in [9.17, 15) is 5.11 Å². The van der Waals surface area contributed by atoms with Gasteiger partial charge in [-0.2, -0.15) is 0 Å². The number of hydrogen-bond donors (Lipinski definition) is 2. The molecular formula is C19H23NO2. The Hall–Kier alpha value is -2.00. The first-order chi connectivity index (χ1) is 10.5. The summed E-state index contributed by atoms with van der Waals surface area (Å²) in [6, 6.07) is 6.13. The molecule has 0 saturated carbocycles. The van der Waals surface area contributed by atoms with E-state index in [0.29, 0.717) is 6.61 Å². The fraction of sp³-hybridized carbons (Fsp3) is 0.368. The Morgan fingerprint density at radius 2 is 2.23 bits per heavy atom. The van der Waals surface area contributed by atoms with E-state index in [0.717, 1.165) is 23.3 Å². The van der Waals surface area contributed by atoms with Crippen molar-refractivity contribution in [3.63, 3.8) is 0 Å². The molecule has 0 bridgehead atoms. The molecule has 0 amide bonds. The summed E-state index contributed by atoms with van der Waals surface area (Å²) in [7, 11) is 0. The third kappa shape index (κ3) is 2.69. The number of aliphatic hydroxyl groups is 1. The Morgan fingerprint density at radius 1 is 1.41 bits per heavy atom. The minimum Gasteiger partial charge on any atom is -0.490 e. The molecule has 1 unspecified atom stereocenters. The first-order valence-electron chi connectivity index (χ1n) is 7.84. The standard InChI is InChI=1S/C19H23NO2/c1-4-6-14-15-7-5-10-20-17(15)12-22-18-9-8-13(11-16(14)18)19(2,3)21/h5-11,17,20-21H,4,12H2,1-3H3/b14-6+.